The molecule has 0 spiro atoms. The molecule has 0 bridgehead atoms. The minimum absolute atomic E-state index is 0.0753. The number of likely N-dealkylation sites (tertiary alicyclic amines) is 2. The van der Waals surface area contributed by atoms with Gasteiger partial charge in [-0.1, -0.05) is 66.7 Å². The summed E-state index contributed by atoms with van der Waals surface area (Å²) >= 11 is 1.47. The van der Waals surface area contributed by atoms with Crippen molar-refractivity contribution in [3.8, 4) is 33.2 Å². The van der Waals surface area contributed by atoms with E-state index in [2.05, 4.69) is 27.1 Å². The fraction of sp³-hybridized carbons (Fsp3) is 0.245. The van der Waals surface area contributed by atoms with E-state index in [1.54, 1.807) is 20.4 Å². The van der Waals surface area contributed by atoms with Crippen molar-refractivity contribution in [3.05, 3.63) is 150 Å². The Kier molecular flexibility index (Phi) is 11.6. The smallest absolute Gasteiger partial charge is 0.265 e. The molecule has 0 atom stereocenters. The van der Waals surface area contributed by atoms with Gasteiger partial charge in [0, 0.05) is 60.8 Å². The van der Waals surface area contributed by atoms with E-state index >= 15 is 0 Å². The molecule has 8 aromatic rings. The minimum Gasteiger partial charge on any atom is -0.497 e. The van der Waals surface area contributed by atoms with E-state index in [1.807, 2.05) is 119 Å². The highest BCUT2D eigenvalue weighted by atomic mass is 32.1. The number of nitrogens with zero attached hydrogens (tertiary/aromatic N) is 5. The molecule has 0 radical (unpaired) electrons. The number of aromatic amines is 2. The number of piperidine rings is 2. The first kappa shape index (κ1) is 39.7. The van der Waals surface area contributed by atoms with E-state index in [0.29, 0.717) is 22.3 Å². The van der Waals surface area contributed by atoms with Crippen LogP contribution in [0.3, 0.4) is 0 Å². The van der Waals surface area contributed by atoms with Gasteiger partial charge in [-0.05, 0) is 79.8 Å². The second-order valence-corrected chi connectivity index (χ2v) is 16.5. The van der Waals surface area contributed by atoms with Gasteiger partial charge >= 0.3 is 0 Å². The lowest BCUT2D eigenvalue weighted by molar-refractivity contribution is 0.0706. The van der Waals surface area contributed by atoms with Crippen LogP contribution in [0.2, 0.25) is 0 Å². The standard InChI is InChI=1S/C27H27N3O3.C22H20N4OS/c1-32-21-11-12-22(25(17-21)33-2)18-7-9-20(10-8-18)27(31)30-15-13-19(14-16-30)26-28-23-5-3-4-6-24(23)29-26;27-22(19-14-23-21(28-19)16-6-2-1-3-7-16)26-12-10-15(11-13-26)20-24-17-8-4-5-9-18(17)25-20/h3-12,17,19H,13-16H2,1-2H3,(H,28,29);1-9,14-15H,10-13H2,(H,24,25). The van der Waals surface area contributed by atoms with Gasteiger partial charge in [-0.15, -0.1) is 11.3 Å². The van der Waals surface area contributed by atoms with E-state index < -0.39 is 0 Å². The lowest BCUT2D eigenvalue weighted by Crippen LogP contribution is -2.38. The number of imidazole rings is 2. The number of carbonyl (C=O) groups excluding carboxylic acids is 2. The van der Waals surface area contributed by atoms with Crippen molar-refractivity contribution < 1.29 is 19.1 Å². The van der Waals surface area contributed by atoms with E-state index in [-0.39, 0.29) is 11.8 Å². The molecule has 0 unspecified atom stereocenters. The molecule has 5 aromatic carbocycles. The van der Waals surface area contributed by atoms with Gasteiger partial charge in [0.15, 0.2) is 0 Å². The van der Waals surface area contributed by atoms with Crippen LogP contribution in [0, 0.1) is 0 Å². The minimum atomic E-state index is 0.0753. The zero-order valence-electron chi connectivity index (χ0n) is 34.2. The third-order valence-corrected chi connectivity index (χ3v) is 12.8. The number of rotatable bonds is 8. The van der Waals surface area contributed by atoms with E-state index in [9.17, 15) is 9.59 Å². The van der Waals surface area contributed by atoms with Gasteiger partial charge in [0.1, 0.15) is 33.0 Å². The molecule has 5 heterocycles. The van der Waals surface area contributed by atoms with Crippen molar-refractivity contribution in [2.24, 2.45) is 0 Å². The predicted molar refractivity (Wildman–Crippen MR) is 240 cm³/mol. The maximum atomic E-state index is 13.1. The summed E-state index contributed by atoms with van der Waals surface area (Å²) in [5.41, 5.74) is 7.87. The summed E-state index contributed by atoms with van der Waals surface area (Å²) in [4.78, 5) is 51.4. The molecule has 0 aliphatic carbocycles. The Hall–Kier alpha value is -6.79. The van der Waals surface area contributed by atoms with Crippen LogP contribution in [-0.4, -0.2) is 86.9 Å². The largest absolute Gasteiger partial charge is 0.497 e. The monoisotopic (exact) mass is 829 g/mol. The number of H-pyrrole nitrogens is 2. The topological polar surface area (TPSA) is 129 Å². The van der Waals surface area contributed by atoms with Crippen molar-refractivity contribution in [3.63, 3.8) is 0 Å². The molecule has 2 fully saturated rings. The quantitative estimate of drug-likeness (QED) is 0.156. The Bertz CT molecular complexity index is 2700. The van der Waals surface area contributed by atoms with Gasteiger partial charge in [0.2, 0.25) is 0 Å². The zero-order valence-corrected chi connectivity index (χ0v) is 35.0. The number of nitrogens with one attached hydrogen (secondary N) is 2. The van der Waals surface area contributed by atoms with Crippen LogP contribution in [0.15, 0.2) is 128 Å². The first-order chi connectivity index (χ1) is 29.9. The number of hydrogen-bond donors (Lipinski definition) is 2. The Morgan fingerprint density at radius 2 is 1.18 bits per heavy atom. The van der Waals surface area contributed by atoms with Crippen molar-refractivity contribution in [2.75, 3.05) is 40.4 Å². The van der Waals surface area contributed by atoms with Crippen molar-refractivity contribution in [1.82, 2.24) is 34.7 Å². The highest BCUT2D eigenvalue weighted by Crippen LogP contribution is 2.35. The van der Waals surface area contributed by atoms with Gasteiger partial charge in [-0.3, -0.25) is 9.59 Å². The van der Waals surface area contributed by atoms with Crippen LogP contribution in [0.4, 0.5) is 0 Å². The third kappa shape index (κ3) is 8.62. The number of ether oxygens (including phenoxy) is 2. The molecule has 308 valence electrons. The van der Waals surface area contributed by atoms with Gasteiger partial charge in [0.05, 0.1) is 42.5 Å². The molecule has 0 saturated carbocycles. The molecule has 2 amide bonds. The summed E-state index contributed by atoms with van der Waals surface area (Å²) in [6, 6.07) is 39.7. The second kappa shape index (κ2) is 17.8. The van der Waals surface area contributed by atoms with Gasteiger partial charge in [-0.25, -0.2) is 15.0 Å². The summed E-state index contributed by atoms with van der Waals surface area (Å²) in [5.74, 6) is 4.44. The molecule has 2 N–H and O–H groups in total. The average molecular weight is 830 g/mol. The molecule has 12 heteroatoms. The SMILES string of the molecule is COc1ccc(-c2ccc(C(=O)N3CCC(c4nc5ccccc5[nH]4)CC3)cc2)c(OC)c1.O=C(c1cnc(-c2ccccc2)s1)N1CCC(c2nc3ccccc3[nH]2)CC1. The van der Waals surface area contributed by atoms with Crippen LogP contribution >= 0.6 is 11.3 Å². The number of fused-ring (bicyclic) bond motifs is 2. The number of thiazole rings is 1. The molecular formula is C49H47N7O4S. The summed E-state index contributed by atoms with van der Waals surface area (Å²) in [5, 5.41) is 0.890. The first-order valence-corrected chi connectivity index (χ1v) is 21.6. The van der Waals surface area contributed by atoms with Crippen molar-refractivity contribution >= 4 is 45.2 Å². The lowest BCUT2D eigenvalue weighted by atomic mass is 9.95. The number of benzene rings is 5. The lowest BCUT2D eigenvalue weighted by Gasteiger charge is -2.31. The summed E-state index contributed by atoms with van der Waals surface area (Å²) in [6.45, 7) is 2.96. The predicted octanol–water partition coefficient (Wildman–Crippen LogP) is 9.97. The van der Waals surface area contributed by atoms with E-state index in [0.717, 1.165) is 119 Å². The molecule has 11 nitrogen and oxygen atoms in total. The molecule has 10 rings (SSSR count). The molecular weight excluding hydrogens is 783 g/mol. The number of aromatic nitrogens is 5. The summed E-state index contributed by atoms with van der Waals surface area (Å²) < 4.78 is 10.8. The van der Waals surface area contributed by atoms with E-state index in [1.165, 1.54) is 11.3 Å². The second-order valence-electron chi connectivity index (χ2n) is 15.5. The Labute approximate surface area is 358 Å². The van der Waals surface area contributed by atoms with Crippen LogP contribution in [0.1, 0.15) is 69.2 Å². The van der Waals surface area contributed by atoms with Crippen LogP contribution in [0.25, 0.3) is 43.8 Å². The Morgan fingerprint density at radius 3 is 1.74 bits per heavy atom. The Balaban J connectivity index is 0.000000158. The highest BCUT2D eigenvalue weighted by Gasteiger charge is 2.28. The number of hydrogen-bond acceptors (Lipinski definition) is 8. The third-order valence-electron chi connectivity index (χ3n) is 11.7. The maximum absolute atomic E-state index is 13.1. The molecule has 2 aliphatic rings. The molecule has 2 saturated heterocycles. The number of carbonyl (C=O) groups is 2. The van der Waals surface area contributed by atoms with Gasteiger partial charge in [-0.2, -0.15) is 0 Å². The summed E-state index contributed by atoms with van der Waals surface area (Å²) in [6.07, 6.45) is 5.38. The Morgan fingerprint density at radius 1 is 0.623 bits per heavy atom. The van der Waals surface area contributed by atoms with E-state index in [4.69, 9.17) is 19.4 Å². The molecule has 3 aromatic heterocycles. The van der Waals surface area contributed by atoms with Gasteiger partial charge in [0.25, 0.3) is 11.8 Å². The maximum Gasteiger partial charge on any atom is 0.265 e. The van der Waals surface area contributed by atoms with Crippen LogP contribution in [0.5, 0.6) is 11.5 Å². The van der Waals surface area contributed by atoms with Crippen molar-refractivity contribution in [1.29, 1.82) is 0 Å². The fourth-order valence-electron chi connectivity index (χ4n) is 8.30. The van der Waals surface area contributed by atoms with Crippen LogP contribution in [-0.2, 0) is 0 Å². The number of para-hydroxylation sites is 4. The average Bonchev–Trinajstić information content (AvgIpc) is 4.11. The molecule has 61 heavy (non-hydrogen) atoms. The normalized spacial score (nSPS) is 14.8. The number of amides is 2. The summed E-state index contributed by atoms with van der Waals surface area (Å²) in [7, 11) is 3.28. The van der Waals surface area contributed by atoms with Crippen LogP contribution < -0.4 is 9.47 Å². The highest BCUT2D eigenvalue weighted by molar-refractivity contribution is 7.16. The zero-order chi connectivity index (χ0) is 41.7. The fourth-order valence-corrected chi connectivity index (χ4v) is 9.19. The van der Waals surface area contributed by atoms with Crippen molar-refractivity contribution in [2.45, 2.75) is 37.5 Å². The molecule has 2 aliphatic heterocycles. The number of methoxy groups -OCH3 is 2. The van der Waals surface area contributed by atoms with Gasteiger partial charge < -0.3 is 29.2 Å². The first-order valence-electron chi connectivity index (χ1n) is 20.8.